The van der Waals surface area contributed by atoms with Gasteiger partial charge in [0.25, 0.3) is 0 Å². The Morgan fingerprint density at radius 2 is 1.56 bits per heavy atom. The lowest BCUT2D eigenvalue weighted by molar-refractivity contribution is 0.0979. The molecular weight excluding hydrogens is 334 g/mol. The fourth-order valence-electron chi connectivity index (χ4n) is 3.06. The van der Waals surface area contributed by atoms with Gasteiger partial charge >= 0.3 is 0 Å². The zero-order chi connectivity index (χ0) is 17.6. The third-order valence-corrected chi connectivity index (χ3v) is 4.57. The number of rotatable bonds is 2. The minimum atomic E-state index is -0.181. The van der Waals surface area contributed by atoms with E-state index >= 15 is 0 Å². The Morgan fingerprint density at radius 1 is 0.800 bits per heavy atom. The monoisotopic (exact) mass is 347 g/mol. The molecule has 0 saturated heterocycles. The molecular formula is C21H14ClNO2. The third kappa shape index (κ3) is 2.63. The summed E-state index contributed by atoms with van der Waals surface area (Å²) in [6, 6.07) is 17.9. The quantitative estimate of drug-likeness (QED) is 0.544. The van der Waals surface area contributed by atoms with Crippen LogP contribution in [0, 0.1) is 6.92 Å². The Kier molecular flexibility index (Phi) is 3.66. The van der Waals surface area contributed by atoms with Crippen LogP contribution in [0.2, 0.25) is 5.02 Å². The molecule has 1 N–H and O–H groups in total. The molecule has 0 aliphatic heterocycles. The Morgan fingerprint density at radius 3 is 2.32 bits per heavy atom. The smallest absolute Gasteiger partial charge is 0.196 e. The molecule has 0 bridgehead atoms. The van der Waals surface area contributed by atoms with Gasteiger partial charge in [0.15, 0.2) is 11.6 Å². The summed E-state index contributed by atoms with van der Waals surface area (Å²) >= 11 is 5.99. The van der Waals surface area contributed by atoms with Gasteiger partial charge in [-0.1, -0.05) is 41.4 Å². The number of hydrogen-bond acceptors (Lipinski definition) is 3. The second kappa shape index (κ2) is 5.87. The van der Waals surface area contributed by atoms with E-state index in [1.165, 1.54) is 0 Å². The topological polar surface area (TPSA) is 46.2 Å². The van der Waals surface area contributed by atoms with Crippen LogP contribution < -0.4 is 5.32 Å². The van der Waals surface area contributed by atoms with Crippen LogP contribution in [0.5, 0.6) is 0 Å². The van der Waals surface area contributed by atoms with Crippen LogP contribution in [0.1, 0.15) is 37.4 Å². The van der Waals surface area contributed by atoms with Gasteiger partial charge in [0.2, 0.25) is 0 Å². The molecule has 0 amide bonds. The van der Waals surface area contributed by atoms with Gasteiger partial charge < -0.3 is 5.32 Å². The molecule has 0 atom stereocenters. The lowest BCUT2D eigenvalue weighted by atomic mass is 9.83. The third-order valence-electron chi connectivity index (χ3n) is 4.34. The van der Waals surface area contributed by atoms with Gasteiger partial charge in [-0.3, -0.25) is 9.59 Å². The first-order chi connectivity index (χ1) is 12.0. The van der Waals surface area contributed by atoms with Gasteiger partial charge in [-0.05, 0) is 43.3 Å². The molecule has 4 rings (SSSR count). The molecule has 3 aromatic rings. The van der Waals surface area contributed by atoms with Gasteiger partial charge in [-0.15, -0.1) is 0 Å². The number of aryl methyl sites for hydroxylation is 1. The van der Waals surface area contributed by atoms with E-state index in [1.54, 1.807) is 30.3 Å². The van der Waals surface area contributed by atoms with E-state index in [2.05, 4.69) is 5.32 Å². The highest BCUT2D eigenvalue weighted by Gasteiger charge is 2.31. The Hall–Kier alpha value is -2.91. The molecule has 0 saturated carbocycles. The van der Waals surface area contributed by atoms with Crippen LogP contribution in [0.4, 0.5) is 11.4 Å². The molecule has 3 aromatic carbocycles. The minimum absolute atomic E-state index is 0.170. The van der Waals surface area contributed by atoms with Crippen molar-refractivity contribution in [1.82, 2.24) is 0 Å². The number of benzene rings is 3. The molecule has 1 aliphatic rings. The normalized spacial score (nSPS) is 12.6. The van der Waals surface area contributed by atoms with Gasteiger partial charge in [0.05, 0.1) is 11.3 Å². The second-order valence-electron chi connectivity index (χ2n) is 6.07. The molecule has 0 spiro atoms. The van der Waals surface area contributed by atoms with Gasteiger partial charge in [-0.2, -0.15) is 0 Å². The van der Waals surface area contributed by atoms with Crippen molar-refractivity contribution >= 4 is 34.5 Å². The van der Waals surface area contributed by atoms with Crippen molar-refractivity contribution in [3.05, 3.63) is 93.5 Å². The van der Waals surface area contributed by atoms with E-state index in [0.717, 1.165) is 11.3 Å². The average Bonchev–Trinajstić information content (AvgIpc) is 2.61. The van der Waals surface area contributed by atoms with Crippen LogP contribution in [0.15, 0.2) is 60.7 Å². The summed E-state index contributed by atoms with van der Waals surface area (Å²) in [6.45, 7) is 2.01. The molecule has 3 nitrogen and oxygen atoms in total. The lowest BCUT2D eigenvalue weighted by Crippen LogP contribution is -2.22. The zero-order valence-corrected chi connectivity index (χ0v) is 14.2. The molecule has 122 valence electrons. The van der Waals surface area contributed by atoms with Gasteiger partial charge in [0, 0.05) is 27.4 Å². The highest BCUT2D eigenvalue weighted by atomic mass is 35.5. The number of carbonyl (C=O) groups is 2. The largest absolute Gasteiger partial charge is 0.355 e. The molecule has 0 heterocycles. The highest BCUT2D eigenvalue weighted by molar-refractivity contribution is 6.34. The number of fused-ring (bicyclic) bond motifs is 2. The Bertz CT molecular complexity index is 1020. The maximum absolute atomic E-state index is 13.0. The standard InChI is InChI=1S/C21H14ClNO2/c1-12-5-8-14(9-6-12)23-18-4-2-3-16-19(18)21(25)15-10-7-13(22)11-17(15)20(16)24/h2-11,23H,1H3. The second-order valence-corrected chi connectivity index (χ2v) is 6.50. The molecule has 25 heavy (non-hydrogen) atoms. The Balaban J connectivity index is 1.83. The van der Waals surface area contributed by atoms with Crippen LogP contribution >= 0.6 is 11.6 Å². The van der Waals surface area contributed by atoms with Crippen molar-refractivity contribution < 1.29 is 9.59 Å². The number of ketones is 2. The summed E-state index contributed by atoms with van der Waals surface area (Å²) in [5.74, 6) is -0.351. The minimum Gasteiger partial charge on any atom is -0.355 e. The van der Waals surface area contributed by atoms with Crippen molar-refractivity contribution in [2.24, 2.45) is 0 Å². The van der Waals surface area contributed by atoms with Crippen molar-refractivity contribution in [2.75, 3.05) is 5.32 Å². The molecule has 0 aromatic heterocycles. The lowest BCUT2D eigenvalue weighted by Gasteiger charge is -2.21. The maximum atomic E-state index is 13.0. The van der Waals surface area contributed by atoms with E-state index in [1.807, 2.05) is 37.3 Å². The Labute approximate surface area is 150 Å². The van der Waals surface area contributed by atoms with Crippen molar-refractivity contribution in [2.45, 2.75) is 6.92 Å². The van der Waals surface area contributed by atoms with Crippen molar-refractivity contribution in [3.8, 4) is 0 Å². The van der Waals surface area contributed by atoms with Gasteiger partial charge in [-0.25, -0.2) is 0 Å². The van der Waals surface area contributed by atoms with Crippen molar-refractivity contribution in [1.29, 1.82) is 0 Å². The predicted molar refractivity (Wildman–Crippen MR) is 99.2 cm³/mol. The average molecular weight is 348 g/mol. The number of hydrogen-bond donors (Lipinski definition) is 1. The summed E-state index contributed by atoms with van der Waals surface area (Å²) < 4.78 is 0. The summed E-state index contributed by atoms with van der Waals surface area (Å²) in [7, 11) is 0. The highest BCUT2D eigenvalue weighted by Crippen LogP contribution is 2.34. The fraction of sp³-hybridized carbons (Fsp3) is 0.0476. The first kappa shape index (κ1) is 15.6. The SMILES string of the molecule is Cc1ccc(Nc2cccc3c2C(=O)c2ccc(Cl)cc2C3=O)cc1. The van der Waals surface area contributed by atoms with Crippen LogP contribution in [-0.2, 0) is 0 Å². The van der Waals surface area contributed by atoms with Gasteiger partial charge in [0.1, 0.15) is 0 Å². The summed E-state index contributed by atoms with van der Waals surface area (Å²) in [5, 5.41) is 3.70. The van der Waals surface area contributed by atoms with E-state index < -0.39 is 0 Å². The van der Waals surface area contributed by atoms with Crippen LogP contribution in [0.25, 0.3) is 0 Å². The number of carbonyl (C=O) groups excluding carboxylic acids is 2. The van der Waals surface area contributed by atoms with Crippen LogP contribution in [0.3, 0.4) is 0 Å². The summed E-state index contributed by atoms with van der Waals surface area (Å²) in [6.07, 6.45) is 0. The summed E-state index contributed by atoms with van der Waals surface area (Å²) in [5.41, 5.74) is 4.19. The molecule has 1 aliphatic carbocycles. The van der Waals surface area contributed by atoms with E-state index in [9.17, 15) is 9.59 Å². The molecule has 0 unspecified atom stereocenters. The first-order valence-corrected chi connectivity index (χ1v) is 8.28. The number of anilines is 2. The maximum Gasteiger partial charge on any atom is 0.196 e. The molecule has 4 heteroatoms. The molecule has 0 radical (unpaired) electrons. The first-order valence-electron chi connectivity index (χ1n) is 7.90. The number of halogens is 1. The summed E-state index contributed by atoms with van der Waals surface area (Å²) in [4.78, 5) is 25.8. The van der Waals surface area contributed by atoms with E-state index in [-0.39, 0.29) is 11.6 Å². The van der Waals surface area contributed by atoms with E-state index in [0.29, 0.717) is 33.0 Å². The number of nitrogens with one attached hydrogen (secondary N) is 1. The molecule has 0 fully saturated rings. The zero-order valence-electron chi connectivity index (χ0n) is 13.5. The van der Waals surface area contributed by atoms with Crippen LogP contribution in [-0.4, -0.2) is 11.6 Å². The fourth-order valence-corrected chi connectivity index (χ4v) is 3.24. The van der Waals surface area contributed by atoms with Crippen molar-refractivity contribution in [3.63, 3.8) is 0 Å². The van der Waals surface area contributed by atoms with E-state index in [4.69, 9.17) is 11.6 Å². The predicted octanol–water partition coefficient (Wildman–Crippen LogP) is 5.17.